The van der Waals surface area contributed by atoms with Gasteiger partial charge in [-0.2, -0.15) is 0 Å². The summed E-state index contributed by atoms with van der Waals surface area (Å²) in [4.78, 5) is 2.58. The van der Waals surface area contributed by atoms with Gasteiger partial charge < -0.3 is 14.2 Å². The van der Waals surface area contributed by atoms with Crippen LogP contribution in [0.15, 0.2) is 0 Å². The third-order valence-electron chi connectivity index (χ3n) is 4.47. The molecule has 0 saturated carbocycles. The number of hydrogen-bond acceptors (Lipinski definition) is 4. The van der Waals surface area contributed by atoms with E-state index in [0.29, 0.717) is 6.10 Å². The molecule has 0 aromatic heterocycles. The maximum absolute atomic E-state index is 5.94. The lowest BCUT2D eigenvalue weighted by Gasteiger charge is -2.57. The minimum Gasteiger partial charge on any atom is -0.372 e. The largest absolute Gasteiger partial charge is 0.372 e. The average molecular weight is 255 g/mol. The summed E-state index contributed by atoms with van der Waals surface area (Å²) in [5.74, 6) is -0.353. The Morgan fingerprint density at radius 2 is 1.50 bits per heavy atom. The predicted molar refractivity (Wildman–Crippen MR) is 68.5 cm³/mol. The zero-order chi connectivity index (χ0) is 13.0. The van der Waals surface area contributed by atoms with Crippen molar-refractivity contribution in [2.45, 2.75) is 63.5 Å². The molecule has 3 fully saturated rings. The standard InChI is InChI=1S/C14H25NO3/c1-12(2)9-14(17-5-6-18-14)10-13(3,4)15(12)7-11-8-16-11/h11H,5-10H2,1-4H3. The molecule has 3 saturated heterocycles. The second-order valence-corrected chi connectivity index (χ2v) is 7.15. The van der Waals surface area contributed by atoms with E-state index in [4.69, 9.17) is 14.2 Å². The number of nitrogens with zero attached hydrogens (tertiary/aromatic N) is 1. The van der Waals surface area contributed by atoms with Gasteiger partial charge in [0.1, 0.15) is 0 Å². The summed E-state index contributed by atoms with van der Waals surface area (Å²) in [7, 11) is 0. The zero-order valence-electron chi connectivity index (χ0n) is 12.0. The van der Waals surface area contributed by atoms with Gasteiger partial charge in [0.15, 0.2) is 5.79 Å². The molecule has 0 aromatic carbocycles. The van der Waals surface area contributed by atoms with E-state index in [0.717, 1.165) is 39.2 Å². The smallest absolute Gasteiger partial charge is 0.171 e. The van der Waals surface area contributed by atoms with Crippen LogP contribution in [0.25, 0.3) is 0 Å². The second kappa shape index (κ2) is 3.92. The van der Waals surface area contributed by atoms with Gasteiger partial charge in [-0.25, -0.2) is 0 Å². The van der Waals surface area contributed by atoms with Crippen molar-refractivity contribution in [3.05, 3.63) is 0 Å². The van der Waals surface area contributed by atoms with Crippen LogP contribution in [0.2, 0.25) is 0 Å². The van der Waals surface area contributed by atoms with Crippen LogP contribution in [0.3, 0.4) is 0 Å². The molecule has 104 valence electrons. The first-order valence-corrected chi connectivity index (χ1v) is 7.00. The number of ether oxygens (including phenoxy) is 3. The first kappa shape index (κ1) is 12.9. The Morgan fingerprint density at radius 3 is 1.94 bits per heavy atom. The van der Waals surface area contributed by atoms with Crippen molar-refractivity contribution in [2.75, 3.05) is 26.4 Å². The summed E-state index contributed by atoms with van der Waals surface area (Å²) in [6, 6.07) is 0. The fourth-order valence-electron chi connectivity index (χ4n) is 3.96. The van der Waals surface area contributed by atoms with Gasteiger partial charge in [0, 0.05) is 30.5 Å². The number of rotatable bonds is 2. The lowest BCUT2D eigenvalue weighted by atomic mass is 9.76. The molecule has 4 nitrogen and oxygen atoms in total. The Morgan fingerprint density at radius 1 is 1.00 bits per heavy atom. The summed E-state index contributed by atoms with van der Waals surface area (Å²) >= 11 is 0. The van der Waals surface area contributed by atoms with Gasteiger partial charge >= 0.3 is 0 Å². The van der Waals surface area contributed by atoms with Crippen molar-refractivity contribution in [1.29, 1.82) is 0 Å². The molecule has 18 heavy (non-hydrogen) atoms. The van der Waals surface area contributed by atoms with Crippen molar-refractivity contribution in [3.63, 3.8) is 0 Å². The van der Waals surface area contributed by atoms with Crippen LogP contribution in [0.4, 0.5) is 0 Å². The van der Waals surface area contributed by atoms with E-state index in [1.807, 2.05) is 0 Å². The topological polar surface area (TPSA) is 34.2 Å². The molecular weight excluding hydrogens is 230 g/mol. The molecule has 1 atom stereocenters. The SMILES string of the molecule is CC1(C)CC2(CC(C)(C)N1CC1CO1)OCCO2. The molecule has 0 aliphatic carbocycles. The number of piperidine rings is 1. The van der Waals surface area contributed by atoms with Crippen molar-refractivity contribution >= 4 is 0 Å². The molecule has 0 N–H and O–H groups in total. The molecule has 4 heteroatoms. The van der Waals surface area contributed by atoms with E-state index >= 15 is 0 Å². The van der Waals surface area contributed by atoms with Gasteiger partial charge in [-0.15, -0.1) is 0 Å². The fraction of sp³-hybridized carbons (Fsp3) is 1.00. The Labute approximate surface area is 110 Å². The minimum atomic E-state index is -0.353. The molecular formula is C14H25NO3. The molecule has 1 spiro atoms. The van der Waals surface area contributed by atoms with Crippen LogP contribution in [0, 0.1) is 0 Å². The highest BCUT2D eigenvalue weighted by Crippen LogP contribution is 2.47. The van der Waals surface area contributed by atoms with Crippen LogP contribution in [0.5, 0.6) is 0 Å². The van der Waals surface area contributed by atoms with E-state index in [-0.39, 0.29) is 16.9 Å². The van der Waals surface area contributed by atoms with Gasteiger partial charge in [-0.3, -0.25) is 4.90 Å². The van der Waals surface area contributed by atoms with Crippen molar-refractivity contribution in [3.8, 4) is 0 Å². The van der Waals surface area contributed by atoms with E-state index in [2.05, 4.69) is 32.6 Å². The maximum atomic E-state index is 5.94. The Hall–Kier alpha value is -0.160. The summed E-state index contributed by atoms with van der Waals surface area (Å²) < 4.78 is 17.3. The first-order chi connectivity index (χ1) is 8.33. The molecule has 0 aromatic rings. The third-order valence-corrected chi connectivity index (χ3v) is 4.47. The van der Waals surface area contributed by atoms with Crippen LogP contribution in [-0.4, -0.2) is 54.2 Å². The van der Waals surface area contributed by atoms with Crippen molar-refractivity contribution in [1.82, 2.24) is 4.90 Å². The molecule has 1 unspecified atom stereocenters. The Bertz CT molecular complexity index is 310. The maximum Gasteiger partial charge on any atom is 0.171 e. The van der Waals surface area contributed by atoms with E-state index < -0.39 is 0 Å². The summed E-state index contributed by atoms with van der Waals surface area (Å²) in [6.45, 7) is 12.6. The number of likely N-dealkylation sites (tertiary alicyclic amines) is 1. The van der Waals surface area contributed by atoms with Crippen LogP contribution in [-0.2, 0) is 14.2 Å². The molecule has 0 amide bonds. The normalized spacial score (nSPS) is 37.0. The lowest BCUT2D eigenvalue weighted by Crippen LogP contribution is -2.66. The van der Waals surface area contributed by atoms with Crippen LogP contribution < -0.4 is 0 Å². The molecule has 0 bridgehead atoms. The van der Waals surface area contributed by atoms with Crippen molar-refractivity contribution < 1.29 is 14.2 Å². The van der Waals surface area contributed by atoms with Crippen LogP contribution >= 0.6 is 0 Å². The van der Waals surface area contributed by atoms with Crippen LogP contribution in [0.1, 0.15) is 40.5 Å². The summed E-state index contributed by atoms with van der Waals surface area (Å²) in [6.07, 6.45) is 2.31. The molecule has 3 aliphatic heterocycles. The fourth-order valence-corrected chi connectivity index (χ4v) is 3.96. The third kappa shape index (κ3) is 2.20. The highest BCUT2D eigenvalue weighted by molar-refractivity contribution is 5.05. The Kier molecular flexibility index (Phi) is 2.80. The van der Waals surface area contributed by atoms with E-state index in [9.17, 15) is 0 Å². The van der Waals surface area contributed by atoms with Gasteiger partial charge in [0.25, 0.3) is 0 Å². The van der Waals surface area contributed by atoms with Gasteiger partial charge in [-0.1, -0.05) is 0 Å². The lowest BCUT2D eigenvalue weighted by molar-refractivity contribution is -0.239. The van der Waals surface area contributed by atoms with E-state index in [1.54, 1.807) is 0 Å². The minimum absolute atomic E-state index is 0.0814. The van der Waals surface area contributed by atoms with Gasteiger partial charge in [0.05, 0.1) is 25.9 Å². The first-order valence-electron chi connectivity index (χ1n) is 7.00. The quantitative estimate of drug-likeness (QED) is 0.704. The highest BCUT2D eigenvalue weighted by Gasteiger charge is 2.55. The Balaban J connectivity index is 1.83. The molecule has 3 heterocycles. The molecule has 0 radical (unpaired) electrons. The molecule has 3 aliphatic rings. The zero-order valence-corrected chi connectivity index (χ0v) is 12.0. The summed E-state index contributed by atoms with van der Waals surface area (Å²) in [5, 5.41) is 0. The second-order valence-electron chi connectivity index (χ2n) is 7.15. The highest BCUT2D eigenvalue weighted by atomic mass is 16.7. The monoisotopic (exact) mass is 255 g/mol. The predicted octanol–water partition coefficient (Wildman–Crippen LogP) is 1.78. The molecule has 3 rings (SSSR count). The number of epoxide rings is 1. The van der Waals surface area contributed by atoms with Gasteiger partial charge in [-0.05, 0) is 27.7 Å². The van der Waals surface area contributed by atoms with Crippen molar-refractivity contribution in [2.24, 2.45) is 0 Å². The van der Waals surface area contributed by atoms with E-state index in [1.165, 1.54) is 0 Å². The number of hydrogen-bond donors (Lipinski definition) is 0. The summed E-state index contributed by atoms with van der Waals surface area (Å²) in [5.41, 5.74) is 0.163. The van der Waals surface area contributed by atoms with Gasteiger partial charge in [0.2, 0.25) is 0 Å². The average Bonchev–Trinajstić information content (AvgIpc) is 2.94.